The van der Waals surface area contributed by atoms with Gasteiger partial charge in [-0.05, 0) is 23.8 Å². The van der Waals surface area contributed by atoms with Gasteiger partial charge in [0.05, 0.1) is 12.7 Å². The van der Waals surface area contributed by atoms with Gasteiger partial charge in [0.1, 0.15) is 0 Å². The standard InChI is InChI=1S/C14H11ClN2O4/c15-12-7-10(2-1-9(12)3-4-13(18)19)14(20)16-8-11-5-6-17-21-11/h1-7H,8H2,(H,16,20)(H,18,19)/b4-3+. The summed E-state index contributed by atoms with van der Waals surface area (Å²) >= 11 is 6.00. The van der Waals surface area contributed by atoms with Crippen molar-refractivity contribution in [2.75, 3.05) is 0 Å². The van der Waals surface area contributed by atoms with E-state index in [1.165, 1.54) is 18.3 Å². The summed E-state index contributed by atoms with van der Waals surface area (Å²) in [5, 5.41) is 15.0. The van der Waals surface area contributed by atoms with Gasteiger partial charge in [-0.15, -0.1) is 0 Å². The molecule has 2 N–H and O–H groups in total. The molecule has 21 heavy (non-hydrogen) atoms. The van der Waals surface area contributed by atoms with Gasteiger partial charge in [0.15, 0.2) is 5.76 Å². The van der Waals surface area contributed by atoms with E-state index in [9.17, 15) is 9.59 Å². The number of hydrogen-bond donors (Lipinski definition) is 2. The summed E-state index contributed by atoms with van der Waals surface area (Å²) < 4.78 is 4.86. The number of benzene rings is 1. The molecule has 7 heteroatoms. The van der Waals surface area contributed by atoms with Crippen molar-refractivity contribution in [1.82, 2.24) is 10.5 Å². The van der Waals surface area contributed by atoms with Gasteiger partial charge in [0, 0.05) is 22.7 Å². The first-order valence-corrected chi connectivity index (χ1v) is 6.32. The van der Waals surface area contributed by atoms with E-state index < -0.39 is 5.97 Å². The zero-order valence-corrected chi connectivity index (χ0v) is 11.5. The van der Waals surface area contributed by atoms with Gasteiger partial charge in [-0.2, -0.15) is 0 Å². The number of aromatic nitrogens is 1. The van der Waals surface area contributed by atoms with E-state index in [0.29, 0.717) is 21.9 Å². The van der Waals surface area contributed by atoms with E-state index in [-0.39, 0.29) is 12.5 Å². The van der Waals surface area contributed by atoms with Crippen LogP contribution in [0.1, 0.15) is 21.7 Å². The van der Waals surface area contributed by atoms with Crippen LogP contribution in [0.15, 0.2) is 41.1 Å². The number of amides is 1. The molecule has 1 aromatic carbocycles. The Morgan fingerprint density at radius 1 is 1.38 bits per heavy atom. The molecule has 0 aliphatic rings. The highest BCUT2D eigenvalue weighted by molar-refractivity contribution is 6.32. The smallest absolute Gasteiger partial charge is 0.328 e. The molecule has 0 spiro atoms. The zero-order valence-electron chi connectivity index (χ0n) is 10.7. The second kappa shape index (κ2) is 6.71. The maximum absolute atomic E-state index is 11.9. The van der Waals surface area contributed by atoms with Crippen molar-refractivity contribution in [1.29, 1.82) is 0 Å². The fourth-order valence-corrected chi connectivity index (χ4v) is 1.81. The molecule has 0 bridgehead atoms. The summed E-state index contributed by atoms with van der Waals surface area (Å²) in [5.41, 5.74) is 0.887. The van der Waals surface area contributed by atoms with Crippen LogP contribution in [0.4, 0.5) is 0 Å². The number of carbonyl (C=O) groups excluding carboxylic acids is 1. The van der Waals surface area contributed by atoms with Gasteiger partial charge in [0.2, 0.25) is 0 Å². The summed E-state index contributed by atoms with van der Waals surface area (Å²) in [4.78, 5) is 22.4. The Balaban J connectivity index is 2.05. The minimum atomic E-state index is -1.07. The molecule has 0 aliphatic carbocycles. The Bertz CT molecular complexity index is 680. The van der Waals surface area contributed by atoms with Crippen LogP contribution in [-0.2, 0) is 11.3 Å². The second-order valence-corrected chi connectivity index (χ2v) is 4.48. The van der Waals surface area contributed by atoms with Gasteiger partial charge in [-0.25, -0.2) is 4.79 Å². The molecule has 0 aliphatic heterocycles. The lowest BCUT2D eigenvalue weighted by molar-refractivity contribution is -0.131. The number of halogens is 1. The number of nitrogens with one attached hydrogen (secondary N) is 1. The number of carbonyl (C=O) groups is 2. The molecule has 2 rings (SSSR count). The highest BCUT2D eigenvalue weighted by Gasteiger charge is 2.08. The van der Waals surface area contributed by atoms with E-state index in [1.807, 2.05) is 0 Å². The minimum Gasteiger partial charge on any atom is -0.478 e. The van der Waals surface area contributed by atoms with Crippen LogP contribution in [0.5, 0.6) is 0 Å². The molecule has 0 saturated carbocycles. The molecule has 0 fully saturated rings. The zero-order chi connectivity index (χ0) is 15.2. The van der Waals surface area contributed by atoms with Crippen LogP contribution in [0.3, 0.4) is 0 Å². The van der Waals surface area contributed by atoms with Crippen molar-refractivity contribution in [2.45, 2.75) is 6.54 Å². The average Bonchev–Trinajstić information content (AvgIpc) is 2.96. The summed E-state index contributed by atoms with van der Waals surface area (Å²) in [6.45, 7) is 0.219. The molecule has 108 valence electrons. The van der Waals surface area contributed by atoms with Gasteiger partial charge < -0.3 is 14.9 Å². The first-order chi connectivity index (χ1) is 10.1. The molecule has 1 aromatic heterocycles. The minimum absolute atomic E-state index is 0.219. The SMILES string of the molecule is O=C(O)/C=C/c1ccc(C(=O)NCc2ccno2)cc1Cl. The monoisotopic (exact) mass is 306 g/mol. The number of aliphatic carboxylic acids is 1. The van der Waals surface area contributed by atoms with Crippen LogP contribution < -0.4 is 5.32 Å². The summed E-state index contributed by atoms with van der Waals surface area (Å²) in [7, 11) is 0. The van der Waals surface area contributed by atoms with Crippen molar-refractivity contribution in [3.05, 3.63) is 58.4 Å². The Morgan fingerprint density at radius 2 is 2.19 bits per heavy atom. The average molecular weight is 307 g/mol. The quantitative estimate of drug-likeness (QED) is 0.827. The summed E-state index contributed by atoms with van der Waals surface area (Å²) in [6, 6.07) is 6.25. The van der Waals surface area contributed by atoms with Crippen LogP contribution >= 0.6 is 11.6 Å². The summed E-state index contributed by atoms with van der Waals surface area (Å²) in [6.07, 6.45) is 3.83. The predicted molar refractivity (Wildman–Crippen MR) is 75.8 cm³/mol. The maximum Gasteiger partial charge on any atom is 0.328 e. The normalized spacial score (nSPS) is 10.7. The third-order valence-electron chi connectivity index (χ3n) is 2.58. The van der Waals surface area contributed by atoms with Gasteiger partial charge in [-0.3, -0.25) is 4.79 Å². The Labute approximate surface area is 125 Å². The van der Waals surface area contributed by atoms with Crippen LogP contribution in [-0.4, -0.2) is 22.1 Å². The van der Waals surface area contributed by atoms with Crippen molar-refractivity contribution >= 4 is 29.6 Å². The van der Waals surface area contributed by atoms with Gasteiger partial charge >= 0.3 is 5.97 Å². The molecule has 6 nitrogen and oxygen atoms in total. The van der Waals surface area contributed by atoms with E-state index in [4.69, 9.17) is 21.2 Å². The third-order valence-corrected chi connectivity index (χ3v) is 2.91. The lowest BCUT2D eigenvalue weighted by Gasteiger charge is -2.05. The Hall–Kier alpha value is -2.60. The topological polar surface area (TPSA) is 92.4 Å². The molecule has 0 saturated heterocycles. The number of hydrogen-bond acceptors (Lipinski definition) is 4. The van der Waals surface area contributed by atoms with E-state index in [2.05, 4.69) is 10.5 Å². The maximum atomic E-state index is 11.9. The number of carboxylic acids is 1. The highest BCUT2D eigenvalue weighted by Crippen LogP contribution is 2.19. The first-order valence-electron chi connectivity index (χ1n) is 5.94. The van der Waals surface area contributed by atoms with Crippen LogP contribution in [0.25, 0.3) is 6.08 Å². The molecule has 1 heterocycles. The lowest BCUT2D eigenvalue weighted by atomic mass is 10.1. The molecule has 0 atom stereocenters. The van der Waals surface area contributed by atoms with Crippen molar-refractivity contribution in [3.8, 4) is 0 Å². The van der Waals surface area contributed by atoms with Gasteiger partial charge in [0.25, 0.3) is 5.91 Å². The van der Waals surface area contributed by atoms with Gasteiger partial charge in [-0.1, -0.05) is 22.8 Å². The van der Waals surface area contributed by atoms with Crippen LogP contribution in [0, 0.1) is 0 Å². The fraction of sp³-hybridized carbons (Fsp3) is 0.0714. The second-order valence-electron chi connectivity index (χ2n) is 4.07. The molecule has 1 amide bonds. The Morgan fingerprint density at radius 3 is 2.81 bits per heavy atom. The third kappa shape index (κ3) is 4.19. The number of carboxylic acid groups (broad SMARTS) is 1. The molecule has 0 unspecified atom stereocenters. The fourth-order valence-electron chi connectivity index (χ4n) is 1.57. The van der Waals surface area contributed by atoms with E-state index in [0.717, 1.165) is 6.08 Å². The van der Waals surface area contributed by atoms with Crippen molar-refractivity contribution in [2.24, 2.45) is 0 Å². The first kappa shape index (κ1) is 14.8. The van der Waals surface area contributed by atoms with E-state index in [1.54, 1.807) is 18.2 Å². The van der Waals surface area contributed by atoms with E-state index >= 15 is 0 Å². The summed E-state index contributed by atoms with van der Waals surface area (Å²) in [5.74, 6) is -0.850. The molecule has 2 aromatic rings. The highest BCUT2D eigenvalue weighted by atomic mass is 35.5. The van der Waals surface area contributed by atoms with Crippen molar-refractivity contribution < 1.29 is 19.2 Å². The molecular formula is C14H11ClN2O4. The van der Waals surface area contributed by atoms with Crippen LogP contribution in [0.2, 0.25) is 5.02 Å². The largest absolute Gasteiger partial charge is 0.478 e. The van der Waals surface area contributed by atoms with Crippen molar-refractivity contribution in [3.63, 3.8) is 0 Å². The Kier molecular flexibility index (Phi) is 4.73. The molecule has 0 radical (unpaired) electrons. The number of rotatable bonds is 5. The predicted octanol–water partition coefficient (Wildman–Crippen LogP) is 2.36. The number of nitrogens with zero attached hydrogens (tertiary/aromatic N) is 1. The molecular weight excluding hydrogens is 296 g/mol. The lowest BCUT2D eigenvalue weighted by Crippen LogP contribution is -2.22.